The number of hydrogen-bond acceptors (Lipinski definition) is 5. The number of aryl methyl sites for hydroxylation is 1. The highest BCUT2D eigenvalue weighted by atomic mass is 32.2. The van der Waals surface area contributed by atoms with Gasteiger partial charge in [0.25, 0.3) is 21.7 Å². The SMILES string of the molecule is CC(C)[C@@H]1CN(C(=O)c2ccc(=O)n(C)n2)C[C@H]1NS(=O)(=O)N(C)C. The second-order valence-electron chi connectivity index (χ2n) is 6.81. The van der Waals surface area contributed by atoms with Crippen molar-refractivity contribution in [2.75, 3.05) is 27.2 Å². The van der Waals surface area contributed by atoms with Crippen LogP contribution in [0.5, 0.6) is 0 Å². The molecule has 0 unspecified atom stereocenters. The molecule has 0 saturated carbocycles. The summed E-state index contributed by atoms with van der Waals surface area (Å²) in [5.41, 5.74) is -0.129. The maximum atomic E-state index is 12.7. The third-order valence-electron chi connectivity index (χ3n) is 4.47. The lowest BCUT2D eigenvalue weighted by Gasteiger charge is -2.24. The Balaban J connectivity index is 2.22. The van der Waals surface area contributed by atoms with Gasteiger partial charge in [0.15, 0.2) is 0 Å². The lowest BCUT2D eigenvalue weighted by molar-refractivity contribution is 0.0774. The van der Waals surface area contributed by atoms with Gasteiger partial charge < -0.3 is 4.90 Å². The topological polar surface area (TPSA) is 105 Å². The highest BCUT2D eigenvalue weighted by Crippen LogP contribution is 2.26. The molecule has 10 heteroatoms. The molecule has 1 N–H and O–H groups in total. The normalized spacial score (nSPS) is 21.3. The third-order valence-corrected chi connectivity index (χ3v) is 6.03. The molecule has 25 heavy (non-hydrogen) atoms. The smallest absolute Gasteiger partial charge is 0.279 e. The summed E-state index contributed by atoms with van der Waals surface area (Å²) in [4.78, 5) is 25.7. The molecule has 1 aliphatic heterocycles. The van der Waals surface area contributed by atoms with Crippen LogP contribution in [0, 0.1) is 11.8 Å². The number of carbonyl (C=O) groups is 1. The molecule has 0 radical (unpaired) electrons. The highest BCUT2D eigenvalue weighted by Gasteiger charge is 2.39. The molecule has 140 valence electrons. The fraction of sp³-hybridized carbons (Fsp3) is 0.667. The lowest BCUT2D eigenvalue weighted by atomic mass is 9.92. The van der Waals surface area contributed by atoms with Crippen molar-refractivity contribution in [2.24, 2.45) is 18.9 Å². The minimum atomic E-state index is -3.59. The Morgan fingerprint density at radius 2 is 1.96 bits per heavy atom. The van der Waals surface area contributed by atoms with Gasteiger partial charge in [0.1, 0.15) is 5.69 Å². The molecule has 2 heterocycles. The molecule has 0 aromatic carbocycles. The van der Waals surface area contributed by atoms with Crippen LogP contribution in [0.3, 0.4) is 0 Å². The molecule has 0 aliphatic carbocycles. The van der Waals surface area contributed by atoms with Crippen molar-refractivity contribution < 1.29 is 13.2 Å². The zero-order valence-corrected chi connectivity index (χ0v) is 15.9. The van der Waals surface area contributed by atoms with E-state index in [-0.39, 0.29) is 41.6 Å². The van der Waals surface area contributed by atoms with Crippen LogP contribution in [0.15, 0.2) is 16.9 Å². The van der Waals surface area contributed by atoms with Crippen LogP contribution in [0.1, 0.15) is 24.3 Å². The molecule has 1 amide bonds. The summed E-state index contributed by atoms with van der Waals surface area (Å²) in [6, 6.07) is 2.32. The second kappa shape index (κ2) is 7.22. The van der Waals surface area contributed by atoms with Crippen LogP contribution in [-0.4, -0.2) is 66.5 Å². The molecule has 1 aliphatic rings. The number of carbonyl (C=O) groups excluding carboxylic acids is 1. The molecule has 1 fully saturated rings. The van der Waals surface area contributed by atoms with Gasteiger partial charge in [-0.25, -0.2) is 4.68 Å². The Morgan fingerprint density at radius 3 is 2.48 bits per heavy atom. The molecule has 1 saturated heterocycles. The van der Waals surface area contributed by atoms with Gasteiger partial charge in [0.05, 0.1) is 0 Å². The van der Waals surface area contributed by atoms with Crippen LogP contribution in [0.25, 0.3) is 0 Å². The number of rotatable bonds is 5. The maximum Gasteiger partial charge on any atom is 0.279 e. The molecular formula is C15H25N5O4S. The van der Waals surface area contributed by atoms with E-state index < -0.39 is 10.2 Å². The first kappa shape index (κ1) is 19.5. The standard InChI is InChI=1S/C15H25N5O4S/c1-10(2)11-8-20(9-13(11)17-25(23,24)18(3)4)15(22)12-6-7-14(21)19(5)16-12/h6-7,10-11,13,17H,8-9H2,1-5H3/t11-,13+/m0/s1. The van der Waals surface area contributed by atoms with Crippen molar-refractivity contribution in [3.05, 3.63) is 28.2 Å². The predicted molar refractivity (Wildman–Crippen MR) is 93.2 cm³/mol. The summed E-state index contributed by atoms with van der Waals surface area (Å²) in [5.74, 6) is -0.125. The molecule has 1 aromatic rings. The van der Waals surface area contributed by atoms with E-state index in [1.165, 1.54) is 33.3 Å². The van der Waals surface area contributed by atoms with E-state index in [0.29, 0.717) is 6.54 Å². The van der Waals surface area contributed by atoms with Gasteiger partial charge in [-0.3, -0.25) is 9.59 Å². The molecular weight excluding hydrogens is 346 g/mol. The van der Waals surface area contributed by atoms with Gasteiger partial charge in [-0.1, -0.05) is 13.8 Å². The Morgan fingerprint density at radius 1 is 1.32 bits per heavy atom. The van der Waals surface area contributed by atoms with Crippen LogP contribution in [0.2, 0.25) is 0 Å². The number of nitrogens with zero attached hydrogens (tertiary/aromatic N) is 4. The summed E-state index contributed by atoms with van der Waals surface area (Å²) < 4.78 is 29.2. The summed E-state index contributed by atoms with van der Waals surface area (Å²) in [7, 11) is 0.805. The first-order chi connectivity index (χ1) is 11.5. The van der Waals surface area contributed by atoms with Crippen molar-refractivity contribution in [1.82, 2.24) is 23.7 Å². The number of nitrogens with one attached hydrogen (secondary N) is 1. The fourth-order valence-corrected chi connectivity index (χ4v) is 3.71. The average molecular weight is 371 g/mol. The Bertz CT molecular complexity index is 802. The summed E-state index contributed by atoms with van der Waals surface area (Å²) in [5, 5.41) is 3.98. The minimum Gasteiger partial charge on any atom is -0.335 e. The Hall–Kier alpha value is -1.78. The fourth-order valence-electron chi connectivity index (χ4n) is 2.87. The number of hydrogen-bond donors (Lipinski definition) is 1. The van der Waals surface area contributed by atoms with Gasteiger partial charge in [0.2, 0.25) is 0 Å². The average Bonchev–Trinajstić information content (AvgIpc) is 2.92. The number of likely N-dealkylation sites (tertiary alicyclic amines) is 1. The van der Waals surface area contributed by atoms with Gasteiger partial charge in [0, 0.05) is 46.3 Å². The predicted octanol–water partition coefficient (Wildman–Crippen LogP) is -0.727. The van der Waals surface area contributed by atoms with E-state index in [4.69, 9.17) is 0 Å². The van der Waals surface area contributed by atoms with Crippen molar-refractivity contribution in [3.8, 4) is 0 Å². The van der Waals surface area contributed by atoms with E-state index in [2.05, 4.69) is 9.82 Å². The molecule has 2 atom stereocenters. The Kier molecular flexibility index (Phi) is 5.65. The van der Waals surface area contributed by atoms with E-state index in [1.54, 1.807) is 4.90 Å². The van der Waals surface area contributed by atoms with E-state index in [9.17, 15) is 18.0 Å². The Labute approximate surface area is 147 Å². The van der Waals surface area contributed by atoms with Crippen LogP contribution >= 0.6 is 0 Å². The van der Waals surface area contributed by atoms with Crippen molar-refractivity contribution in [2.45, 2.75) is 19.9 Å². The molecule has 9 nitrogen and oxygen atoms in total. The maximum absolute atomic E-state index is 12.7. The van der Waals surface area contributed by atoms with Crippen LogP contribution in [0.4, 0.5) is 0 Å². The molecule has 2 rings (SSSR count). The lowest BCUT2D eigenvalue weighted by Crippen LogP contribution is -2.46. The minimum absolute atomic E-state index is 0.00814. The first-order valence-electron chi connectivity index (χ1n) is 8.06. The van der Waals surface area contributed by atoms with Gasteiger partial charge in [-0.15, -0.1) is 0 Å². The van der Waals surface area contributed by atoms with Crippen LogP contribution < -0.4 is 10.3 Å². The van der Waals surface area contributed by atoms with Crippen molar-refractivity contribution in [1.29, 1.82) is 0 Å². The first-order valence-corrected chi connectivity index (χ1v) is 9.50. The van der Waals surface area contributed by atoms with Crippen molar-refractivity contribution >= 4 is 16.1 Å². The zero-order valence-electron chi connectivity index (χ0n) is 15.1. The van der Waals surface area contributed by atoms with E-state index >= 15 is 0 Å². The van der Waals surface area contributed by atoms with Gasteiger partial charge in [-0.05, 0) is 17.9 Å². The van der Waals surface area contributed by atoms with E-state index in [1.807, 2.05) is 13.8 Å². The van der Waals surface area contributed by atoms with Crippen LogP contribution in [-0.2, 0) is 17.3 Å². The van der Waals surface area contributed by atoms with Crippen molar-refractivity contribution in [3.63, 3.8) is 0 Å². The monoisotopic (exact) mass is 371 g/mol. The number of amides is 1. The third kappa shape index (κ3) is 4.25. The molecule has 1 aromatic heterocycles. The van der Waals surface area contributed by atoms with Gasteiger partial charge in [-0.2, -0.15) is 22.5 Å². The quantitative estimate of drug-likeness (QED) is 0.735. The van der Waals surface area contributed by atoms with Gasteiger partial charge >= 0.3 is 0 Å². The summed E-state index contributed by atoms with van der Waals surface area (Å²) in [6.45, 7) is 4.70. The highest BCUT2D eigenvalue weighted by molar-refractivity contribution is 7.87. The summed E-state index contributed by atoms with van der Waals surface area (Å²) >= 11 is 0. The molecule has 0 bridgehead atoms. The number of aromatic nitrogens is 2. The molecule has 0 spiro atoms. The summed E-state index contributed by atoms with van der Waals surface area (Å²) in [6.07, 6.45) is 0. The zero-order chi connectivity index (χ0) is 18.9. The second-order valence-corrected chi connectivity index (χ2v) is 8.73. The van der Waals surface area contributed by atoms with E-state index in [0.717, 1.165) is 8.99 Å². The largest absolute Gasteiger partial charge is 0.335 e.